The number of H-pyrrole nitrogens is 1. The van der Waals surface area contributed by atoms with Crippen molar-refractivity contribution in [2.24, 2.45) is 5.92 Å². The van der Waals surface area contributed by atoms with E-state index in [1.54, 1.807) is 18.3 Å². The van der Waals surface area contributed by atoms with E-state index in [1.807, 2.05) is 23.1 Å². The lowest BCUT2D eigenvalue weighted by Crippen LogP contribution is -2.51. The Hall–Kier alpha value is -3.49. The van der Waals surface area contributed by atoms with E-state index in [1.165, 1.54) is 11.0 Å². The Balaban J connectivity index is 1.27. The summed E-state index contributed by atoms with van der Waals surface area (Å²) in [5.74, 6) is 0.0217. The zero-order valence-corrected chi connectivity index (χ0v) is 16.3. The lowest BCUT2D eigenvalue weighted by molar-refractivity contribution is -0.136. The predicted octanol–water partition coefficient (Wildman–Crippen LogP) is 1.80. The second kappa shape index (κ2) is 7.40. The van der Waals surface area contributed by atoms with Crippen LogP contribution in [0.3, 0.4) is 0 Å². The van der Waals surface area contributed by atoms with Crippen molar-refractivity contribution in [1.29, 1.82) is 0 Å². The van der Waals surface area contributed by atoms with Crippen molar-refractivity contribution in [2.45, 2.75) is 6.42 Å². The maximum Gasteiger partial charge on any atom is 0.229 e. The predicted molar refractivity (Wildman–Crippen MR) is 110 cm³/mol. The van der Waals surface area contributed by atoms with Gasteiger partial charge in [0.2, 0.25) is 11.8 Å². The fourth-order valence-corrected chi connectivity index (χ4v) is 4.24. The average molecular weight is 408 g/mol. The number of aromatic nitrogens is 3. The van der Waals surface area contributed by atoms with E-state index < -0.39 is 11.7 Å². The molecule has 2 amide bonds. The number of carbonyl (C=O) groups is 2. The van der Waals surface area contributed by atoms with Gasteiger partial charge < -0.3 is 9.80 Å². The molecule has 1 atom stereocenters. The van der Waals surface area contributed by atoms with Gasteiger partial charge in [0.05, 0.1) is 16.8 Å². The van der Waals surface area contributed by atoms with Crippen molar-refractivity contribution in [3.63, 3.8) is 0 Å². The van der Waals surface area contributed by atoms with Gasteiger partial charge in [0.15, 0.2) is 5.82 Å². The summed E-state index contributed by atoms with van der Waals surface area (Å²) in [6.45, 7) is 2.78. The number of rotatable bonds is 3. The van der Waals surface area contributed by atoms with Crippen molar-refractivity contribution in [3.05, 3.63) is 48.4 Å². The molecule has 1 N–H and O–H groups in total. The standard InChI is InChI=1S/C21H21FN6O2/c22-15-4-3-5-16-19(15)20(25-24-16)28-13-14(12-18(28)29)21(30)27-10-8-26(9-11-27)17-6-1-2-7-23-17/h1-7,14H,8-13H2,(H,24,25)/t14-/m1/s1. The fraction of sp³-hybridized carbons (Fsp3) is 0.333. The lowest BCUT2D eigenvalue weighted by atomic mass is 10.1. The number of benzene rings is 1. The summed E-state index contributed by atoms with van der Waals surface area (Å²) in [6.07, 6.45) is 1.87. The highest BCUT2D eigenvalue weighted by atomic mass is 19.1. The third-order valence-electron chi connectivity index (χ3n) is 5.81. The van der Waals surface area contributed by atoms with Crippen LogP contribution in [0, 0.1) is 11.7 Å². The summed E-state index contributed by atoms with van der Waals surface area (Å²) in [5, 5.41) is 7.18. The Morgan fingerprint density at radius 2 is 1.93 bits per heavy atom. The molecular weight excluding hydrogens is 387 g/mol. The maximum atomic E-state index is 14.3. The SMILES string of the molecule is O=C([C@@H]1CC(=O)N(c2n[nH]c3cccc(F)c23)C1)N1CCN(c2ccccn2)CC1. The monoisotopic (exact) mass is 408 g/mol. The van der Waals surface area contributed by atoms with Gasteiger partial charge in [-0.3, -0.25) is 19.6 Å². The van der Waals surface area contributed by atoms with Gasteiger partial charge in [-0.15, -0.1) is 0 Å². The van der Waals surface area contributed by atoms with E-state index in [0.717, 1.165) is 5.82 Å². The lowest BCUT2D eigenvalue weighted by Gasteiger charge is -2.36. The van der Waals surface area contributed by atoms with Crippen LogP contribution < -0.4 is 9.80 Å². The quantitative estimate of drug-likeness (QED) is 0.714. The minimum Gasteiger partial charge on any atom is -0.353 e. The summed E-state index contributed by atoms with van der Waals surface area (Å²) < 4.78 is 14.3. The van der Waals surface area contributed by atoms with Crippen LogP contribution in [-0.2, 0) is 9.59 Å². The van der Waals surface area contributed by atoms with Crippen LogP contribution in [0.15, 0.2) is 42.6 Å². The number of nitrogens with zero attached hydrogens (tertiary/aromatic N) is 5. The molecule has 0 bridgehead atoms. The molecule has 2 aromatic heterocycles. The maximum absolute atomic E-state index is 14.3. The molecule has 8 nitrogen and oxygen atoms in total. The zero-order valence-electron chi connectivity index (χ0n) is 16.3. The van der Waals surface area contributed by atoms with E-state index in [0.29, 0.717) is 31.7 Å². The van der Waals surface area contributed by atoms with Crippen LogP contribution in [0.25, 0.3) is 10.9 Å². The number of nitrogens with one attached hydrogen (secondary N) is 1. The number of fused-ring (bicyclic) bond motifs is 1. The first-order valence-corrected chi connectivity index (χ1v) is 9.99. The van der Waals surface area contributed by atoms with Crippen LogP contribution >= 0.6 is 0 Å². The van der Waals surface area contributed by atoms with Gasteiger partial charge in [0, 0.05) is 45.3 Å². The zero-order chi connectivity index (χ0) is 20.7. The average Bonchev–Trinajstić information content (AvgIpc) is 3.38. The van der Waals surface area contributed by atoms with Crippen LogP contribution in [0.4, 0.5) is 16.0 Å². The number of piperazine rings is 1. The number of hydrogen-bond donors (Lipinski definition) is 1. The van der Waals surface area contributed by atoms with E-state index in [-0.39, 0.29) is 36.0 Å². The molecule has 5 rings (SSSR count). The van der Waals surface area contributed by atoms with Crippen LogP contribution in [0.1, 0.15) is 6.42 Å². The molecule has 0 spiro atoms. The first-order valence-electron chi connectivity index (χ1n) is 9.99. The van der Waals surface area contributed by atoms with Crippen molar-refractivity contribution >= 4 is 34.4 Å². The molecule has 1 aromatic carbocycles. The van der Waals surface area contributed by atoms with Crippen LogP contribution in [0.2, 0.25) is 0 Å². The molecule has 30 heavy (non-hydrogen) atoms. The molecule has 4 heterocycles. The van der Waals surface area contributed by atoms with Crippen molar-refractivity contribution < 1.29 is 14.0 Å². The smallest absolute Gasteiger partial charge is 0.229 e. The highest BCUT2D eigenvalue weighted by Gasteiger charge is 2.39. The number of amides is 2. The number of hydrogen-bond acceptors (Lipinski definition) is 5. The molecular formula is C21H21FN6O2. The van der Waals surface area contributed by atoms with Gasteiger partial charge in [-0.25, -0.2) is 9.37 Å². The number of aromatic amines is 1. The first kappa shape index (κ1) is 18.5. The third kappa shape index (κ3) is 3.16. The molecule has 9 heteroatoms. The van der Waals surface area contributed by atoms with E-state index >= 15 is 0 Å². The molecule has 3 aromatic rings. The Morgan fingerprint density at radius 3 is 2.70 bits per heavy atom. The van der Waals surface area contributed by atoms with Crippen LogP contribution in [0.5, 0.6) is 0 Å². The largest absolute Gasteiger partial charge is 0.353 e. The molecule has 0 aliphatic carbocycles. The van der Waals surface area contributed by atoms with E-state index in [4.69, 9.17) is 0 Å². The van der Waals surface area contributed by atoms with E-state index in [2.05, 4.69) is 20.1 Å². The van der Waals surface area contributed by atoms with Gasteiger partial charge in [-0.2, -0.15) is 5.10 Å². The van der Waals surface area contributed by atoms with Crippen molar-refractivity contribution in [3.8, 4) is 0 Å². The normalized spacial score (nSPS) is 19.7. The molecule has 0 unspecified atom stereocenters. The van der Waals surface area contributed by atoms with Crippen molar-refractivity contribution in [2.75, 3.05) is 42.5 Å². The fourth-order valence-electron chi connectivity index (χ4n) is 4.24. The minimum absolute atomic E-state index is 0.0353. The number of halogens is 1. The van der Waals surface area contributed by atoms with Gasteiger partial charge in [0.1, 0.15) is 11.6 Å². The second-order valence-electron chi connectivity index (χ2n) is 7.62. The highest BCUT2D eigenvalue weighted by Crippen LogP contribution is 2.32. The molecule has 0 saturated carbocycles. The van der Waals surface area contributed by atoms with Gasteiger partial charge >= 0.3 is 0 Å². The molecule has 2 saturated heterocycles. The molecule has 0 radical (unpaired) electrons. The first-order chi connectivity index (χ1) is 14.6. The molecule has 154 valence electrons. The van der Waals surface area contributed by atoms with Gasteiger partial charge in [-0.05, 0) is 24.3 Å². The number of carbonyl (C=O) groups excluding carboxylic acids is 2. The Labute approximate surface area is 172 Å². The van der Waals surface area contributed by atoms with E-state index in [9.17, 15) is 14.0 Å². The Bertz CT molecular complexity index is 1090. The Morgan fingerprint density at radius 1 is 1.10 bits per heavy atom. The molecule has 2 fully saturated rings. The number of pyridine rings is 1. The number of anilines is 2. The molecule has 2 aliphatic rings. The topological polar surface area (TPSA) is 85.4 Å². The minimum atomic E-state index is -0.447. The third-order valence-corrected chi connectivity index (χ3v) is 5.81. The van der Waals surface area contributed by atoms with Crippen molar-refractivity contribution in [1.82, 2.24) is 20.1 Å². The summed E-state index contributed by atoms with van der Waals surface area (Å²) >= 11 is 0. The van der Waals surface area contributed by atoms with Gasteiger partial charge in [0.25, 0.3) is 0 Å². The summed E-state index contributed by atoms with van der Waals surface area (Å²) in [6, 6.07) is 10.4. The summed E-state index contributed by atoms with van der Waals surface area (Å²) in [7, 11) is 0. The summed E-state index contributed by atoms with van der Waals surface area (Å²) in [5.41, 5.74) is 0.526. The van der Waals surface area contributed by atoms with Gasteiger partial charge in [-0.1, -0.05) is 12.1 Å². The highest BCUT2D eigenvalue weighted by molar-refractivity contribution is 6.05. The van der Waals surface area contributed by atoms with Crippen LogP contribution in [-0.4, -0.2) is 64.6 Å². The molecule has 2 aliphatic heterocycles. The summed E-state index contributed by atoms with van der Waals surface area (Å²) in [4.78, 5) is 35.4. The Kier molecular flexibility index (Phi) is 4.57. The second-order valence-corrected chi connectivity index (χ2v) is 7.62.